The van der Waals surface area contributed by atoms with Gasteiger partial charge in [-0.15, -0.1) is 0 Å². The fourth-order valence-corrected chi connectivity index (χ4v) is 1.14. The molecule has 13 heavy (non-hydrogen) atoms. The predicted octanol–water partition coefficient (Wildman–Crippen LogP) is 2.08. The smallest absolute Gasteiger partial charge is 0.298 e. The van der Waals surface area contributed by atoms with E-state index in [-0.39, 0.29) is 11.4 Å². The summed E-state index contributed by atoms with van der Waals surface area (Å²) in [5.74, 6) is -0.611. The minimum atomic E-state index is -0.611. The molecule has 0 saturated heterocycles. The second-order valence-corrected chi connectivity index (χ2v) is 2.60. The van der Waals surface area contributed by atoms with Crippen LogP contribution < -0.4 is 5.32 Å². The number of hydrogen-bond donors (Lipinski definition) is 1. The van der Waals surface area contributed by atoms with Gasteiger partial charge < -0.3 is 5.32 Å². The highest BCUT2D eigenvalue weighted by Crippen LogP contribution is 2.30. The van der Waals surface area contributed by atoms with E-state index in [4.69, 9.17) is 0 Å². The van der Waals surface area contributed by atoms with Crippen molar-refractivity contribution in [1.82, 2.24) is 0 Å². The molecule has 0 amide bonds. The molecule has 0 aliphatic carbocycles. The first-order valence-electron chi connectivity index (χ1n) is 3.69. The van der Waals surface area contributed by atoms with Gasteiger partial charge in [0.05, 0.1) is 4.92 Å². The molecule has 0 aliphatic rings. The van der Waals surface area contributed by atoms with E-state index in [0.717, 1.165) is 0 Å². The van der Waals surface area contributed by atoms with Crippen LogP contribution >= 0.6 is 0 Å². The third-order valence-corrected chi connectivity index (χ3v) is 1.76. The van der Waals surface area contributed by atoms with Gasteiger partial charge in [-0.3, -0.25) is 10.1 Å². The maximum Gasteiger partial charge on any atom is 0.298 e. The number of aryl methyl sites for hydroxylation is 1. The van der Waals surface area contributed by atoms with Crippen molar-refractivity contribution in [1.29, 1.82) is 0 Å². The van der Waals surface area contributed by atoms with E-state index in [1.807, 2.05) is 0 Å². The average Bonchev–Trinajstić information content (AvgIpc) is 2.07. The van der Waals surface area contributed by atoms with E-state index in [1.54, 1.807) is 6.92 Å². The van der Waals surface area contributed by atoms with Crippen LogP contribution in [0.4, 0.5) is 15.8 Å². The lowest BCUT2D eigenvalue weighted by Gasteiger charge is -2.04. The van der Waals surface area contributed by atoms with Crippen molar-refractivity contribution in [3.63, 3.8) is 0 Å². The molecule has 0 unspecified atom stereocenters. The summed E-state index contributed by atoms with van der Waals surface area (Å²) in [6, 6.07) is 2.59. The van der Waals surface area contributed by atoms with Crippen LogP contribution in [0.5, 0.6) is 0 Å². The topological polar surface area (TPSA) is 55.2 Å². The van der Waals surface area contributed by atoms with E-state index >= 15 is 0 Å². The van der Waals surface area contributed by atoms with Gasteiger partial charge in [-0.25, -0.2) is 4.39 Å². The van der Waals surface area contributed by atoms with Gasteiger partial charge in [0.15, 0.2) is 5.82 Å². The highest BCUT2D eigenvalue weighted by atomic mass is 19.1. The van der Waals surface area contributed by atoms with Gasteiger partial charge in [-0.05, 0) is 19.1 Å². The van der Waals surface area contributed by atoms with Crippen molar-refractivity contribution >= 4 is 11.4 Å². The van der Waals surface area contributed by atoms with Gasteiger partial charge in [0.2, 0.25) is 0 Å². The Balaban J connectivity index is 3.43. The van der Waals surface area contributed by atoms with Crippen molar-refractivity contribution in [3.05, 3.63) is 33.6 Å². The van der Waals surface area contributed by atoms with Crippen LogP contribution in [0.25, 0.3) is 0 Å². The molecule has 0 fully saturated rings. The lowest BCUT2D eigenvalue weighted by molar-refractivity contribution is -0.384. The minimum Gasteiger partial charge on any atom is -0.380 e. The number of halogens is 1. The van der Waals surface area contributed by atoms with Crippen molar-refractivity contribution < 1.29 is 9.31 Å². The Hall–Kier alpha value is -1.65. The molecule has 0 heterocycles. The summed E-state index contributed by atoms with van der Waals surface area (Å²) in [5, 5.41) is 13.0. The van der Waals surface area contributed by atoms with Gasteiger partial charge >= 0.3 is 0 Å². The summed E-state index contributed by atoms with van der Waals surface area (Å²) >= 11 is 0. The molecule has 4 nitrogen and oxygen atoms in total. The summed E-state index contributed by atoms with van der Waals surface area (Å²) in [7, 11) is 1.45. The number of nitro benzene ring substituents is 1. The van der Waals surface area contributed by atoms with Crippen molar-refractivity contribution in [2.75, 3.05) is 12.4 Å². The molecule has 5 heteroatoms. The van der Waals surface area contributed by atoms with Crippen LogP contribution in [0.1, 0.15) is 5.56 Å². The highest BCUT2D eigenvalue weighted by molar-refractivity contribution is 5.65. The zero-order valence-electron chi connectivity index (χ0n) is 7.30. The molecule has 1 N–H and O–H groups in total. The standard InChI is InChI=1S/C8H9FN2O2/c1-5-3-4-6(9)7(10-2)8(5)11(12)13/h3-4,10H,1-2H3. The van der Waals surface area contributed by atoms with Gasteiger partial charge in [0, 0.05) is 12.6 Å². The van der Waals surface area contributed by atoms with E-state index < -0.39 is 10.7 Å². The summed E-state index contributed by atoms with van der Waals surface area (Å²) < 4.78 is 13.0. The lowest BCUT2D eigenvalue weighted by Crippen LogP contribution is -2.01. The molecule has 0 bridgehead atoms. The Bertz CT molecular complexity index is 352. The Morgan fingerprint density at radius 3 is 2.54 bits per heavy atom. The van der Waals surface area contributed by atoms with Gasteiger partial charge in [-0.2, -0.15) is 0 Å². The van der Waals surface area contributed by atoms with Crippen molar-refractivity contribution in [2.45, 2.75) is 6.92 Å². The molecule has 0 saturated carbocycles. The zero-order valence-corrected chi connectivity index (χ0v) is 7.30. The average molecular weight is 184 g/mol. The largest absolute Gasteiger partial charge is 0.380 e. The summed E-state index contributed by atoms with van der Waals surface area (Å²) in [6.07, 6.45) is 0. The zero-order chi connectivity index (χ0) is 10.0. The normalized spacial score (nSPS) is 9.77. The lowest BCUT2D eigenvalue weighted by atomic mass is 10.1. The van der Waals surface area contributed by atoms with E-state index in [2.05, 4.69) is 5.32 Å². The Morgan fingerprint density at radius 2 is 2.15 bits per heavy atom. The van der Waals surface area contributed by atoms with Crippen LogP contribution in [-0.4, -0.2) is 12.0 Å². The van der Waals surface area contributed by atoms with Gasteiger partial charge in [0.1, 0.15) is 5.69 Å². The highest BCUT2D eigenvalue weighted by Gasteiger charge is 2.19. The fourth-order valence-electron chi connectivity index (χ4n) is 1.14. The number of benzene rings is 1. The molecule has 0 atom stereocenters. The number of anilines is 1. The van der Waals surface area contributed by atoms with Crippen LogP contribution in [0.3, 0.4) is 0 Å². The molecule has 0 aromatic heterocycles. The first-order valence-corrected chi connectivity index (χ1v) is 3.69. The Morgan fingerprint density at radius 1 is 1.54 bits per heavy atom. The van der Waals surface area contributed by atoms with E-state index in [0.29, 0.717) is 5.56 Å². The second kappa shape index (κ2) is 3.38. The quantitative estimate of drug-likeness (QED) is 0.565. The number of rotatable bonds is 2. The van der Waals surface area contributed by atoms with E-state index in [9.17, 15) is 14.5 Å². The fraction of sp³-hybridized carbons (Fsp3) is 0.250. The predicted molar refractivity (Wildman–Crippen MR) is 47.3 cm³/mol. The number of nitro groups is 1. The SMILES string of the molecule is CNc1c(F)ccc(C)c1[N+](=O)[O-]. The molecule has 0 spiro atoms. The summed E-state index contributed by atoms with van der Waals surface area (Å²) in [4.78, 5) is 9.96. The Kier molecular flexibility index (Phi) is 2.46. The maximum absolute atomic E-state index is 13.0. The summed E-state index contributed by atoms with van der Waals surface area (Å²) in [6.45, 7) is 1.57. The molecule has 1 rings (SSSR count). The van der Waals surface area contributed by atoms with Crippen molar-refractivity contribution in [2.24, 2.45) is 0 Å². The second-order valence-electron chi connectivity index (χ2n) is 2.60. The van der Waals surface area contributed by atoms with Crippen molar-refractivity contribution in [3.8, 4) is 0 Å². The van der Waals surface area contributed by atoms with Crippen LogP contribution in [0.15, 0.2) is 12.1 Å². The number of hydrogen-bond acceptors (Lipinski definition) is 3. The van der Waals surface area contributed by atoms with Crippen LogP contribution in [0.2, 0.25) is 0 Å². The first-order chi connectivity index (χ1) is 6.07. The third kappa shape index (κ3) is 1.58. The Labute approximate surface area is 74.5 Å². The van der Waals surface area contributed by atoms with E-state index in [1.165, 1.54) is 19.2 Å². The van der Waals surface area contributed by atoms with Crippen LogP contribution in [0, 0.1) is 22.9 Å². The molecule has 1 aromatic carbocycles. The van der Waals surface area contributed by atoms with Crippen LogP contribution in [-0.2, 0) is 0 Å². The maximum atomic E-state index is 13.0. The number of nitrogens with zero attached hydrogens (tertiary/aromatic N) is 1. The number of nitrogens with one attached hydrogen (secondary N) is 1. The molecule has 0 radical (unpaired) electrons. The molecular weight excluding hydrogens is 175 g/mol. The molecule has 1 aromatic rings. The molecule has 70 valence electrons. The van der Waals surface area contributed by atoms with Gasteiger partial charge in [-0.1, -0.05) is 0 Å². The third-order valence-electron chi connectivity index (χ3n) is 1.76. The minimum absolute atomic E-state index is 0.0648. The molecular formula is C8H9FN2O2. The first kappa shape index (κ1) is 9.44. The van der Waals surface area contributed by atoms with Gasteiger partial charge in [0.25, 0.3) is 5.69 Å². The molecule has 0 aliphatic heterocycles. The summed E-state index contributed by atoms with van der Waals surface area (Å²) in [5.41, 5.74) is 0.170. The monoisotopic (exact) mass is 184 g/mol.